The first kappa shape index (κ1) is 12.0. The lowest BCUT2D eigenvalue weighted by Gasteiger charge is -2.22. The van der Waals surface area contributed by atoms with Gasteiger partial charge in [-0.3, -0.25) is 0 Å². The molecular weight excluding hydrogens is 176 g/mol. The minimum Gasteiger partial charge on any atom is -0.395 e. The minimum atomic E-state index is 0.250. The highest BCUT2D eigenvalue weighted by Gasteiger charge is 2.20. The molecule has 14 heavy (non-hydrogen) atoms. The van der Waals surface area contributed by atoms with Crippen molar-refractivity contribution in [2.45, 2.75) is 26.3 Å². The molecule has 2 unspecified atom stereocenters. The first-order valence-corrected chi connectivity index (χ1v) is 5.66. The molecule has 1 heterocycles. The van der Waals surface area contributed by atoms with E-state index in [1.807, 2.05) is 0 Å². The maximum Gasteiger partial charge on any atom is 0.0587 e. The standard InChI is InChI=1S/C11H24N2O/c1-9(2)11(8-14)12-6-10-4-5-13(3)7-10/h9-12,14H,4-8H2,1-3H3. The molecule has 3 nitrogen and oxygen atoms in total. The average Bonchev–Trinajstić information content (AvgIpc) is 2.52. The van der Waals surface area contributed by atoms with E-state index in [0.29, 0.717) is 5.92 Å². The predicted molar refractivity (Wildman–Crippen MR) is 59.3 cm³/mol. The van der Waals surface area contributed by atoms with Gasteiger partial charge in [-0.2, -0.15) is 0 Å². The molecule has 1 fully saturated rings. The summed E-state index contributed by atoms with van der Waals surface area (Å²) in [6.45, 7) is 8.01. The van der Waals surface area contributed by atoms with Crippen molar-refractivity contribution in [3.05, 3.63) is 0 Å². The number of nitrogens with one attached hydrogen (secondary N) is 1. The van der Waals surface area contributed by atoms with Gasteiger partial charge in [0.25, 0.3) is 0 Å². The quantitative estimate of drug-likeness (QED) is 0.680. The van der Waals surface area contributed by atoms with Crippen LogP contribution in [-0.2, 0) is 0 Å². The summed E-state index contributed by atoms with van der Waals surface area (Å²) in [5.41, 5.74) is 0. The van der Waals surface area contributed by atoms with Crippen molar-refractivity contribution in [2.75, 3.05) is 33.3 Å². The number of nitrogens with zero attached hydrogens (tertiary/aromatic N) is 1. The van der Waals surface area contributed by atoms with Crippen LogP contribution in [0.2, 0.25) is 0 Å². The van der Waals surface area contributed by atoms with Crippen molar-refractivity contribution in [3.8, 4) is 0 Å². The summed E-state index contributed by atoms with van der Waals surface area (Å²) in [6.07, 6.45) is 1.29. The Labute approximate surface area is 87.5 Å². The van der Waals surface area contributed by atoms with Crippen LogP contribution in [-0.4, -0.2) is 49.3 Å². The SMILES string of the molecule is CC(C)C(CO)NCC1CCN(C)C1. The lowest BCUT2D eigenvalue weighted by atomic mass is 10.0. The highest BCUT2D eigenvalue weighted by Crippen LogP contribution is 2.13. The predicted octanol–water partition coefficient (Wildman–Crippen LogP) is 0.545. The van der Waals surface area contributed by atoms with E-state index in [-0.39, 0.29) is 12.6 Å². The fraction of sp³-hybridized carbons (Fsp3) is 1.00. The van der Waals surface area contributed by atoms with Gasteiger partial charge in [-0.05, 0) is 38.4 Å². The van der Waals surface area contributed by atoms with Crippen LogP contribution in [0.25, 0.3) is 0 Å². The molecule has 2 N–H and O–H groups in total. The van der Waals surface area contributed by atoms with Gasteiger partial charge in [0.15, 0.2) is 0 Å². The largest absolute Gasteiger partial charge is 0.395 e. The first-order valence-electron chi connectivity index (χ1n) is 5.66. The molecule has 0 saturated carbocycles. The molecule has 0 radical (unpaired) electrons. The van der Waals surface area contributed by atoms with E-state index in [1.54, 1.807) is 0 Å². The van der Waals surface area contributed by atoms with Crippen LogP contribution < -0.4 is 5.32 Å². The Morgan fingerprint density at radius 1 is 1.50 bits per heavy atom. The molecule has 3 heteroatoms. The molecule has 0 amide bonds. The maximum atomic E-state index is 9.15. The normalized spacial score (nSPS) is 25.9. The Balaban J connectivity index is 2.18. The van der Waals surface area contributed by atoms with E-state index >= 15 is 0 Å². The van der Waals surface area contributed by atoms with Gasteiger partial charge < -0.3 is 15.3 Å². The molecule has 84 valence electrons. The number of aliphatic hydroxyl groups excluding tert-OH is 1. The lowest BCUT2D eigenvalue weighted by molar-refractivity contribution is 0.205. The molecule has 0 aromatic rings. The van der Waals surface area contributed by atoms with Crippen LogP contribution in [0, 0.1) is 11.8 Å². The summed E-state index contributed by atoms with van der Waals surface area (Å²) < 4.78 is 0. The van der Waals surface area contributed by atoms with Crippen LogP contribution in [0.1, 0.15) is 20.3 Å². The van der Waals surface area contributed by atoms with Crippen molar-refractivity contribution in [3.63, 3.8) is 0 Å². The topological polar surface area (TPSA) is 35.5 Å². The molecule has 0 aromatic carbocycles. The van der Waals surface area contributed by atoms with Gasteiger partial charge in [0, 0.05) is 12.6 Å². The second-order valence-electron chi connectivity index (χ2n) is 4.86. The highest BCUT2D eigenvalue weighted by atomic mass is 16.3. The van der Waals surface area contributed by atoms with Gasteiger partial charge in [0.05, 0.1) is 6.61 Å². The molecule has 2 atom stereocenters. The van der Waals surface area contributed by atoms with E-state index < -0.39 is 0 Å². The Morgan fingerprint density at radius 3 is 2.64 bits per heavy atom. The molecule has 1 aliphatic heterocycles. The third kappa shape index (κ3) is 3.56. The van der Waals surface area contributed by atoms with Crippen molar-refractivity contribution in [1.82, 2.24) is 10.2 Å². The molecule has 1 saturated heterocycles. The second-order valence-corrected chi connectivity index (χ2v) is 4.86. The van der Waals surface area contributed by atoms with E-state index in [4.69, 9.17) is 5.11 Å². The van der Waals surface area contributed by atoms with Crippen LogP contribution >= 0.6 is 0 Å². The van der Waals surface area contributed by atoms with Crippen molar-refractivity contribution < 1.29 is 5.11 Å². The van der Waals surface area contributed by atoms with Crippen molar-refractivity contribution >= 4 is 0 Å². The van der Waals surface area contributed by atoms with Crippen LogP contribution in [0.15, 0.2) is 0 Å². The van der Waals surface area contributed by atoms with Gasteiger partial charge in [0.2, 0.25) is 0 Å². The molecule has 0 aromatic heterocycles. The summed E-state index contributed by atoms with van der Waals surface area (Å²) in [7, 11) is 2.17. The van der Waals surface area contributed by atoms with Crippen LogP contribution in [0.3, 0.4) is 0 Å². The fourth-order valence-corrected chi connectivity index (χ4v) is 2.02. The number of aliphatic hydroxyl groups is 1. The van der Waals surface area contributed by atoms with Gasteiger partial charge in [-0.15, -0.1) is 0 Å². The zero-order valence-corrected chi connectivity index (χ0v) is 9.66. The summed E-state index contributed by atoms with van der Waals surface area (Å²) in [4.78, 5) is 2.37. The maximum absolute atomic E-state index is 9.15. The molecule has 0 spiro atoms. The van der Waals surface area contributed by atoms with Gasteiger partial charge in [-0.1, -0.05) is 13.8 Å². The number of likely N-dealkylation sites (tertiary alicyclic amines) is 1. The molecule has 0 bridgehead atoms. The van der Waals surface area contributed by atoms with E-state index in [9.17, 15) is 0 Å². The van der Waals surface area contributed by atoms with Crippen LogP contribution in [0.5, 0.6) is 0 Å². The Hall–Kier alpha value is -0.120. The lowest BCUT2D eigenvalue weighted by Crippen LogP contribution is -2.40. The molecular formula is C11H24N2O. The highest BCUT2D eigenvalue weighted by molar-refractivity contribution is 4.77. The molecule has 1 aliphatic rings. The first-order chi connectivity index (χ1) is 6.63. The van der Waals surface area contributed by atoms with Crippen LogP contribution in [0.4, 0.5) is 0 Å². The summed E-state index contributed by atoms with van der Waals surface area (Å²) in [5, 5.41) is 12.6. The van der Waals surface area contributed by atoms with Gasteiger partial charge in [-0.25, -0.2) is 0 Å². The van der Waals surface area contributed by atoms with Crippen molar-refractivity contribution in [1.29, 1.82) is 0 Å². The fourth-order valence-electron chi connectivity index (χ4n) is 2.02. The Kier molecular flexibility index (Phi) is 4.85. The van der Waals surface area contributed by atoms with E-state index in [0.717, 1.165) is 12.5 Å². The molecule has 1 rings (SSSR count). The number of hydrogen-bond donors (Lipinski definition) is 2. The third-order valence-corrected chi connectivity index (χ3v) is 3.16. The smallest absolute Gasteiger partial charge is 0.0587 e. The summed E-state index contributed by atoms with van der Waals surface area (Å²) in [6, 6.07) is 0.265. The third-order valence-electron chi connectivity index (χ3n) is 3.16. The van der Waals surface area contributed by atoms with Gasteiger partial charge in [0.1, 0.15) is 0 Å². The number of hydrogen-bond acceptors (Lipinski definition) is 3. The average molecular weight is 200 g/mol. The van der Waals surface area contributed by atoms with E-state index in [1.165, 1.54) is 19.5 Å². The minimum absolute atomic E-state index is 0.250. The number of rotatable bonds is 5. The second kappa shape index (κ2) is 5.69. The summed E-state index contributed by atoms with van der Waals surface area (Å²) in [5.74, 6) is 1.28. The zero-order chi connectivity index (χ0) is 10.6. The monoisotopic (exact) mass is 200 g/mol. The van der Waals surface area contributed by atoms with E-state index in [2.05, 4.69) is 31.1 Å². The Morgan fingerprint density at radius 2 is 2.21 bits per heavy atom. The van der Waals surface area contributed by atoms with Crippen molar-refractivity contribution in [2.24, 2.45) is 11.8 Å². The zero-order valence-electron chi connectivity index (χ0n) is 9.66. The molecule has 0 aliphatic carbocycles. The summed E-state index contributed by atoms with van der Waals surface area (Å²) >= 11 is 0. The Bertz CT molecular complexity index is 161. The van der Waals surface area contributed by atoms with Gasteiger partial charge >= 0.3 is 0 Å².